The van der Waals surface area contributed by atoms with Crippen LogP contribution in [0.5, 0.6) is 0 Å². The number of carbonyl (C=O) groups excluding carboxylic acids is 1. The summed E-state index contributed by atoms with van der Waals surface area (Å²) < 4.78 is 40.5. The largest absolute Gasteiger partial charge is 0.326 e. The molecule has 27 heavy (non-hydrogen) atoms. The Balaban J connectivity index is 1.61. The van der Waals surface area contributed by atoms with Crippen LogP contribution in [-0.4, -0.2) is 20.9 Å². The molecule has 140 valence electrons. The van der Waals surface area contributed by atoms with E-state index in [4.69, 9.17) is 0 Å². The molecule has 0 unspecified atom stereocenters. The van der Waals surface area contributed by atoms with Crippen LogP contribution < -0.4 is 10.0 Å². The van der Waals surface area contributed by atoms with E-state index in [1.54, 1.807) is 25.1 Å². The van der Waals surface area contributed by atoms with Crippen LogP contribution in [0.15, 0.2) is 65.6 Å². The van der Waals surface area contributed by atoms with Crippen LogP contribution in [0.3, 0.4) is 0 Å². The van der Waals surface area contributed by atoms with Gasteiger partial charge in [-0.15, -0.1) is 0 Å². The lowest BCUT2D eigenvalue weighted by Gasteiger charge is -2.10. The third kappa shape index (κ3) is 4.69. The van der Waals surface area contributed by atoms with E-state index in [0.29, 0.717) is 5.69 Å². The van der Waals surface area contributed by atoms with Crippen molar-refractivity contribution in [2.45, 2.75) is 18.2 Å². The second-order valence-corrected chi connectivity index (χ2v) is 7.93. The quantitative estimate of drug-likeness (QED) is 0.680. The molecule has 0 spiro atoms. The summed E-state index contributed by atoms with van der Waals surface area (Å²) >= 11 is 0. The van der Waals surface area contributed by atoms with Gasteiger partial charge in [0.05, 0.1) is 4.90 Å². The number of hydrogen-bond donors (Lipinski definition) is 2. The van der Waals surface area contributed by atoms with Crippen molar-refractivity contribution >= 4 is 32.4 Å². The third-order valence-electron chi connectivity index (χ3n) is 4.15. The van der Waals surface area contributed by atoms with Gasteiger partial charge in [0.15, 0.2) is 0 Å². The molecular formula is C20H19FN2O3S. The molecule has 0 bridgehead atoms. The average Bonchev–Trinajstić information content (AvgIpc) is 2.64. The third-order valence-corrected chi connectivity index (χ3v) is 5.61. The molecule has 3 rings (SSSR count). The maximum Gasteiger partial charge on any atom is 0.240 e. The monoisotopic (exact) mass is 386 g/mol. The Hall–Kier alpha value is -2.77. The second-order valence-electron chi connectivity index (χ2n) is 6.16. The minimum atomic E-state index is -3.73. The number of rotatable bonds is 6. The number of nitrogens with one attached hydrogen (secondary N) is 2. The molecule has 0 saturated carbocycles. The van der Waals surface area contributed by atoms with E-state index in [9.17, 15) is 17.6 Å². The van der Waals surface area contributed by atoms with Crippen LogP contribution in [-0.2, 0) is 14.8 Å². The highest BCUT2D eigenvalue weighted by molar-refractivity contribution is 7.89. The number of fused-ring (bicyclic) bond motifs is 1. The van der Waals surface area contributed by atoms with Crippen molar-refractivity contribution in [3.8, 4) is 0 Å². The first kappa shape index (κ1) is 19.0. The van der Waals surface area contributed by atoms with Crippen molar-refractivity contribution in [3.05, 3.63) is 72.0 Å². The lowest BCUT2D eigenvalue weighted by atomic mass is 10.1. The molecule has 3 aromatic rings. The topological polar surface area (TPSA) is 75.3 Å². The molecular weight excluding hydrogens is 367 g/mol. The summed E-state index contributed by atoms with van der Waals surface area (Å²) in [5.41, 5.74) is 1.10. The minimum Gasteiger partial charge on any atom is -0.326 e. The van der Waals surface area contributed by atoms with E-state index in [2.05, 4.69) is 10.0 Å². The SMILES string of the molecule is Cc1ccc(F)cc1NC(=O)CCNS(=O)(=O)c1ccc2ccccc2c1. The molecule has 0 saturated heterocycles. The summed E-state index contributed by atoms with van der Waals surface area (Å²) in [6.45, 7) is 1.69. The van der Waals surface area contributed by atoms with Gasteiger partial charge in [-0.2, -0.15) is 0 Å². The van der Waals surface area contributed by atoms with E-state index < -0.39 is 21.7 Å². The first-order valence-electron chi connectivity index (χ1n) is 8.40. The van der Waals surface area contributed by atoms with Crippen molar-refractivity contribution in [1.82, 2.24) is 4.72 Å². The Morgan fingerprint density at radius 3 is 2.52 bits per heavy atom. The number of carbonyl (C=O) groups is 1. The molecule has 2 N–H and O–H groups in total. The van der Waals surface area contributed by atoms with Crippen molar-refractivity contribution in [2.24, 2.45) is 0 Å². The van der Waals surface area contributed by atoms with Crippen LogP contribution in [0.2, 0.25) is 0 Å². The first-order valence-corrected chi connectivity index (χ1v) is 9.88. The number of sulfonamides is 1. The Labute approximate surface area is 157 Å². The molecule has 5 nitrogen and oxygen atoms in total. The molecule has 1 amide bonds. The zero-order valence-electron chi connectivity index (χ0n) is 14.7. The molecule has 0 radical (unpaired) electrons. The summed E-state index contributed by atoms with van der Waals surface area (Å²) in [4.78, 5) is 12.1. The van der Waals surface area contributed by atoms with E-state index in [1.807, 2.05) is 24.3 Å². The number of benzene rings is 3. The number of anilines is 1. The number of amides is 1. The van der Waals surface area contributed by atoms with Crippen LogP contribution in [0, 0.1) is 12.7 Å². The van der Waals surface area contributed by atoms with Gasteiger partial charge in [0.1, 0.15) is 5.82 Å². The molecule has 7 heteroatoms. The summed E-state index contributed by atoms with van der Waals surface area (Å²) in [6.07, 6.45) is -0.0667. The van der Waals surface area contributed by atoms with Crippen molar-refractivity contribution in [1.29, 1.82) is 0 Å². The average molecular weight is 386 g/mol. The molecule has 3 aromatic carbocycles. The van der Waals surface area contributed by atoms with E-state index in [1.165, 1.54) is 18.2 Å². The minimum absolute atomic E-state index is 0.0602. The fourth-order valence-electron chi connectivity index (χ4n) is 2.66. The molecule has 0 atom stereocenters. The van der Waals surface area contributed by atoms with E-state index in [-0.39, 0.29) is 17.9 Å². The van der Waals surface area contributed by atoms with E-state index >= 15 is 0 Å². The zero-order chi connectivity index (χ0) is 19.4. The number of halogens is 1. The summed E-state index contributed by atoms with van der Waals surface area (Å²) in [5.74, 6) is -0.849. The van der Waals surface area contributed by atoms with Crippen LogP contribution >= 0.6 is 0 Å². The first-order chi connectivity index (χ1) is 12.8. The highest BCUT2D eigenvalue weighted by Gasteiger charge is 2.15. The number of hydrogen-bond acceptors (Lipinski definition) is 3. The Bertz CT molecular complexity index is 1100. The molecule has 0 fully saturated rings. The Morgan fingerprint density at radius 1 is 1.00 bits per heavy atom. The van der Waals surface area contributed by atoms with Gasteiger partial charge >= 0.3 is 0 Å². The highest BCUT2D eigenvalue weighted by atomic mass is 32.2. The molecule has 0 aliphatic heterocycles. The predicted octanol–water partition coefficient (Wildman–Crippen LogP) is 3.59. The summed E-state index contributed by atoms with van der Waals surface area (Å²) in [7, 11) is -3.73. The fourth-order valence-corrected chi connectivity index (χ4v) is 3.73. The van der Waals surface area contributed by atoms with E-state index in [0.717, 1.165) is 16.3 Å². The predicted molar refractivity (Wildman–Crippen MR) is 104 cm³/mol. The molecule has 0 aromatic heterocycles. The maximum absolute atomic E-state index is 13.3. The van der Waals surface area contributed by atoms with Gasteiger partial charge in [-0.05, 0) is 47.5 Å². The van der Waals surface area contributed by atoms with Gasteiger partial charge in [0, 0.05) is 18.7 Å². The van der Waals surface area contributed by atoms with Gasteiger partial charge in [-0.25, -0.2) is 17.5 Å². The van der Waals surface area contributed by atoms with Gasteiger partial charge in [0.25, 0.3) is 0 Å². The summed E-state index contributed by atoms with van der Waals surface area (Å²) in [6, 6.07) is 16.4. The van der Waals surface area contributed by atoms with Gasteiger partial charge in [-0.1, -0.05) is 36.4 Å². The van der Waals surface area contributed by atoms with Crippen molar-refractivity contribution in [2.75, 3.05) is 11.9 Å². The second kappa shape index (κ2) is 7.85. The Kier molecular flexibility index (Phi) is 5.53. The van der Waals surface area contributed by atoms with Gasteiger partial charge < -0.3 is 5.32 Å². The van der Waals surface area contributed by atoms with Crippen LogP contribution in [0.25, 0.3) is 10.8 Å². The highest BCUT2D eigenvalue weighted by Crippen LogP contribution is 2.19. The lowest BCUT2D eigenvalue weighted by molar-refractivity contribution is -0.116. The van der Waals surface area contributed by atoms with Gasteiger partial charge in [-0.3, -0.25) is 4.79 Å². The fraction of sp³-hybridized carbons (Fsp3) is 0.150. The maximum atomic E-state index is 13.3. The van der Waals surface area contributed by atoms with Crippen LogP contribution in [0.4, 0.5) is 10.1 Å². The zero-order valence-corrected chi connectivity index (χ0v) is 15.5. The molecule has 0 aliphatic carbocycles. The summed E-state index contributed by atoms with van der Waals surface area (Å²) in [5, 5.41) is 4.35. The van der Waals surface area contributed by atoms with Crippen LogP contribution in [0.1, 0.15) is 12.0 Å². The number of aryl methyl sites for hydroxylation is 1. The lowest BCUT2D eigenvalue weighted by Crippen LogP contribution is -2.28. The molecule has 0 heterocycles. The van der Waals surface area contributed by atoms with Crippen molar-refractivity contribution in [3.63, 3.8) is 0 Å². The standard InChI is InChI=1S/C20H19FN2O3S/c1-14-6-8-17(21)13-19(14)23-20(24)10-11-22-27(25,26)18-9-7-15-4-2-3-5-16(15)12-18/h2-9,12-13,22H,10-11H2,1H3,(H,23,24). The molecule has 0 aliphatic rings. The van der Waals surface area contributed by atoms with Crippen molar-refractivity contribution < 1.29 is 17.6 Å². The van der Waals surface area contributed by atoms with Gasteiger partial charge in [0.2, 0.25) is 15.9 Å². The normalized spacial score (nSPS) is 11.5. The smallest absolute Gasteiger partial charge is 0.240 e. The Morgan fingerprint density at radius 2 is 1.74 bits per heavy atom.